The van der Waals surface area contributed by atoms with E-state index in [0.717, 1.165) is 45.6 Å². The van der Waals surface area contributed by atoms with Gasteiger partial charge in [0, 0.05) is 43.2 Å². The Morgan fingerprint density at radius 2 is 1.86 bits per heavy atom. The summed E-state index contributed by atoms with van der Waals surface area (Å²) in [7, 11) is 0. The van der Waals surface area contributed by atoms with E-state index in [0.29, 0.717) is 17.6 Å². The Kier molecular flexibility index (Phi) is 5.43. The topological polar surface area (TPSA) is 50.7 Å². The van der Waals surface area contributed by atoms with Crippen molar-refractivity contribution in [2.24, 2.45) is 10.8 Å². The predicted octanol–water partition coefficient (Wildman–Crippen LogP) is 2.49. The monoisotopic (exact) mass is 311 g/mol. The van der Waals surface area contributed by atoms with Gasteiger partial charge >= 0.3 is 0 Å². The second-order valence-electron chi connectivity index (χ2n) is 7.68. The average Bonchev–Trinajstić information content (AvgIpc) is 2.59. The molecule has 0 aromatic carbocycles. The highest BCUT2D eigenvalue weighted by Crippen LogP contribution is 2.53. The Morgan fingerprint density at radius 3 is 2.50 bits per heavy atom. The van der Waals surface area contributed by atoms with Gasteiger partial charge in [0.2, 0.25) is 0 Å². The summed E-state index contributed by atoms with van der Waals surface area (Å²) in [6.07, 6.45) is 10.2. The van der Waals surface area contributed by atoms with E-state index in [1.165, 1.54) is 32.1 Å². The van der Waals surface area contributed by atoms with Gasteiger partial charge in [-0.1, -0.05) is 19.3 Å². The molecule has 2 saturated carbocycles. The number of ether oxygens (including phenoxy) is 2. The molecular formula is C18H33NO3. The standard InChI is InChI=1S/C18H33NO3/c1-2-22-16-12-15(18(16)6-4-3-5-7-18)19-13-17(14-20)8-10-21-11-9-17/h15-16,19-20H,2-14H2,1H3. The molecule has 0 aromatic rings. The fraction of sp³-hybridized carbons (Fsp3) is 1.00. The highest BCUT2D eigenvalue weighted by molar-refractivity contribution is 5.09. The molecule has 1 heterocycles. The third kappa shape index (κ3) is 3.08. The van der Waals surface area contributed by atoms with Gasteiger partial charge < -0.3 is 19.9 Å². The Hall–Kier alpha value is -0.160. The van der Waals surface area contributed by atoms with Crippen LogP contribution in [-0.4, -0.2) is 50.2 Å². The molecule has 4 nitrogen and oxygen atoms in total. The van der Waals surface area contributed by atoms with Crippen LogP contribution in [0.3, 0.4) is 0 Å². The van der Waals surface area contributed by atoms with Crippen molar-refractivity contribution in [1.82, 2.24) is 5.32 Å². The van der Waals surface area contributed by atoms with Crippen LogP contribution >= 0.6 is 0 Å². The second kappa shape index (κ2) is 7.16. The molecule has 3 aliphatic rings. The van der Waals surface area contributed by atoms with E-state index in [1.807, 2.05) is 0 Å². The van der Waals surface area contributed by atoms with E-state index in [9.17, 15) is 5.11 Å². The molecule has 2 aliphatic carbocycles. The summed E-state index contributed by atoms with van der Waals surface area (Å²) in [5.74, 6) is 0. The zero-order chi connectivity index (χ0) is 15.5. The van der Waals surface area contributed by atoms with E-state index < -0.39 is 0 Å². The molecule has 0 radical (unpaired) electrons. The van der Waals surface area contributed by atoms with E-state index in [4.69, 9.17) is 9.47 Å². The summed E-state index contributed by atoms with van der Waals surface area (Å²) in [6.45, 7) is 5.73. The fourth-order valence-corrected chi connectivity index (χ4v) is 4.88. The predicted molar refractivity (Wildman–Crippen MR) is 86.9 cm³/mol. The summed E-state index contributed by atoms with van der Waals surface area (Å²) in [5, 5.41) is 13.7. The van der Waals surface area contributed by atoms with Crippen LogP contribution in [0.25, 0.3) is 0 Å². The minimum atomic E-state index is 0.0325. The molecule has 1 spiro atoms. The number of rotatable bonds is 6. The summed E-state index contributed by atoms with van der Waals surface area (Å²) >= 11 is 0. The molecule has 22 heavy (non-hydrogen) atoms. The smallest absolute Gasteiger partial charge is 0.0661 e. The molecule has 0 amide bonds. The molecule has 2 atom stereocenters. The van der Waals surface area contributed by atoms with Gasteiger partial charge in [-0.3, -0.25) is 0 Å². The molecule has 1 saturated heterocycles. The van der Waals surface area contributed by atoms with Gasteiger partial charge in [-0.25, -0.2) is 0 Å². The first-order valence-electron chi connectivity index (χ1n) is 9.28. The lowest BCUT2D eigenvalue weighted by atomic mass is 9.55. The van der Waals surface area contributed by atoms with E-state index in [2.05, 4.69) is 12.2 Å². The lowest BCUT2D eigenvalue weighted by Gasteiger charge is -2.58. The molecule has 0 bridgehead atoms. The van der Waals surface area contributed by atoms with Gasteiger partial charge in [0.1, 0.15) is 0 Å². The minimum absolute atomic E-state index is 0.0325. The molecule has 4 heteroatoms. The van der Waals surface area contributed by atoms with Crippen molar-refractivity contribution in [3.63, 3.8) is 0 Å². The van der Waals surface area contributed by atoms with Crippen LogP contribution in [0, 0.1) is 10.8 Å². The van der Waals surface area contributed by atoms with E-state index in [-0.39, 0.29) is 12.0 Å². The number of aliphatic hydroxyl groups excluding tert-OH is 1. The highest BCUT2D eigenvalue weighted by atomic mass is 16.5. The van der Waals surface area contributed by atoms with Gasteiger partial charge in [0.15, 0.2) is 0 Å². The molecule has 3 rings (SSSR count). The fourth-order valence-electron chi connectivity index (χ4n) is 4.88. The second-order valence-corrected chi connectivity index (χ2v) is 7.68. The first-order valence-corrected chi connectivity index (χ1v) is 9.28. The van der Waals surface area contributed by atoms with E-state index in [1.54, 1.807) is 0 Å². The largest absolute Gasteiger partial charge is 0.396 e. The first kappa shape index (κ1) is 16.7. The van der Waals surface area contributed by atoms with Crippen molar-refractivity contribution in [2.45, 2.75) is 70.4 Å². The number of hydrogen-bond acceptors (Lipinski definition) is 4. The minimum Gasteiger partial charge on any atom is -0.396 e. The Bertz CT molecular complexity index is 348. The van der Waals surface area contributed by atoms with Gasteiger partial charge in [-0.15, -0.1) is 0 Å². The SMILES string of the molecule is CCOC1CC(NCC2(CO)CCOCC2)C12CCCCC2. The van der Waals surface area contributed by atoms with Crippen LogP contribution in [0.15, 0.2) is 0 Å². The Morgan fingerprint density at radius 1 is 1.14 bits per heavy atom. The van der Waals surface area contributed by atoms with Crippen LogP contribution in [-0.2, 0) is 9.47 Å². The molecule has 3 fully saturated rings. The van der Waals surface area contributed by atoms with Crippen LogP contribution in [0.1, 0.15) is 58.3 Å². The molecule has 2 N–H and O–H groups in total. The zero-order valence-corrected chi connectivity index (χ0v) is 14.1. The zero-order valence-electron chi connectivity index (χ0n) is 14.1. The Labute approximate surface area is 134 Å². The molecule has 128 valence electrons. The van der Waals surface area contributed by atoms with Crippen LogP contribution in [0.4, 0.5) is 0 Å². The third-order valence-electron chi connectivity index (χ3n) is 6.55. The maximum Gasteiger partial charge on any atom is 0.0661 e. The number of nitrogens with one attached hydrogen (secondary N) is 1. The van der Waals surface area contributed by atoms with Crippen molar-refractivity contribution in [2.75, 3.05) is 33.0 Å². The summed E-state index contributed by atoms with van der Waals surface area (Å²) in [5.41, 5.74) is 0.404. The van der Waals surface area contributed by atoms with Gasteiger partial charge in [-0.2, -0.15) is 0 Å². The van der Waals surface area contributed by atoms with Crippen LogP contribution in [0.2, 0.25) is 0 Å². The summed E-state index contributed by atoms with van der Waals surface area (Å²) in [6, 6.07) is 0.579. The summed E-state index contributed by atoms with van der Waals surface area (Å²) in [4.78, 5) is 0. The normalized spacial score (nSPS) is 33.5. The molecule has 2 unspecified atom stereocenters. The lowest BCUT2D eigenvalue weighted by Crippen LogP contribution is -2.65. The third-order valence-corrected chi connectivity index (χ3v) is 6.55. The van der Waals surface area contributed by atoms with Crippen molar-refractivity contribution >= 4 is 0 Å². The lowest BCUT2D eigenvalue weighted by molar-refractivity contribution is -0.153. The highest BCUT2D eigenvalue weighted by Gasteiger charge is 2.55. The van der Waals surface area contributed by atoms with Crippen molar-refractivity contribution in [3.05, 3.63) is 0 Å². The molecule has 0 aromatic heterocycles. The van der Waals surface area contributed by atoms with Crippen molar-refractivity contribution in [1.29, 1.82) is 0 Å². The van der Waals surface area contributed by atoms with Crippen molar-refractivity contribution in [3.8, 4) is 0 Å². The number of aliphatic hydroxyl groups is 1. The average molecular weight is 311 g/mol. The van der Waals surface area contributed by atoms with Gasteiger partial charge in [0.25, 0.3) is 0 Å². The summed E-state index contributed by atoms with van der Waals surface area (Å²) < 4.78 is 11.5. The van der Waals surface area contributed by atoms with E-state index >= 15 is 0 Å². The molecule has 1 aliphatic heterocycles. The van der Waals surface area contributed by atoms with Gasteiger partial charge in [0.05, 0.1) is 12.7 Å². The quantitative estimate of drug-likeness (QED) is 0.791. The van der Waals surface area contributed by atoms with Crippen LogP contribution in [0.5, 0.6) is 0 Å². The maximum absolute atomic E-state index is 9.86. The van der Waals surface area contributed by atoms with Crippen molar-refractivity contribution < 1.29 is 14.6 Å². The Balaban J connectivity index is 1.59. The van der Waals surface area contributed by atoms with Crippen LogP contribution < -0.4 is 5.32 Å². The molecular weight excluding hydrogens is 278 g/mol. The number of hydrogen-bond donors (Lipinski definition) is 2. The first-order chi connectivity index (χ1) is 10.7. The maximum atomic E-state index is 9.86. The van der Waals surface area contributed by atoms with Gasteiger partial charge in [-0.05, 0) is 39.0 Å².